The first-order valence-electron chi connectivity index (χ1n) is 47.1. The van der Waals surface area contributed by atoms with Crippen molar-refractivity contribution in [2.24, 2.45) is 0 Å². The molecule has 0 aromatic heterocycles. The van der Waals surface area contributed by atoms with Crippen LogP contribution in [0, 0.1) is 0 Å². The summed E-state index contributed by atoms with van der Waals surface area (Å²) in [6, 6.07) is 2.55. The van der Waals surface area contributed by atoms with E-state index >= 15 is 0 Å². The number of carbonyl (C=O) groups excluding carboxylic acids is 20. The van der Waals surface area contributed by atoms with Crippen LogP contribution >= 0.6 is 0 Å². The molecule has 3 aliphatic heterocycles. The van der Waals surface area contributed by atoms with E-state index < -0.39 is 226 Å². The lowest BCUT2D eigenvalue weighted by Crippen LogP contribution is -2.66. The van der Waals surface area contributed by atoms with Crippen LogP contribution in [-0.2, 0) is 178 Å². The summed E-state index contributed by atoms with van der Waals surface area (Å²) in [5.74, 6) is -11.5. The van der Waals surface area contributed by atoms with Gasteiger partial charge in [0.1, 0.15) is 62.9 Å². The number of Topliss-reactive ketones (excluding diaryl/α,β-unsaturated/α-hetero) is 1. The van der Waals surface area contributed by atoms with Crippen molar-refractivity contribution < 1.29 is 172 Å². The van der Waals surface area contributed by atoms with Crippen molar-refractivity contribution in [1.82, 2.24) is 58.1 Å². The highest BCUT2D eigenvalue weighted by Gasteiger charge is 2.57. The standard InChI is InChI=1S/C92H141N11O36/c1-54(104)100-78-86(134-63(10)113)83(131-60(7)110)68(51-127-57(4)107)137-90(78)124-46-24-14-19-34-71(116)94-40-28-43-97-75(120)49-103(81-77(82(81)122)98-44-29-41-95-72(117)35-20-15-25-47-125-91-79(101-55(2)105)87(135-64(11)114)84(132-61(8)111)69(138-91)52-128-58(5)108)67(33-22-23-39-93-74(119)37-27-38-76(121)130-50-66-31-17-13-18-32-66)89(123)99-45-30-42-96-73(118)36-21-16-26-48-126-92-80(102-56(3)106)88(136-65(12)115)85(133-62(9)112)70(139-92)53-129-59(6)109/h13,17-18,31-32,67-70,77-81,83-88,90-92,98H,14-16,19-30,33-53H2,1-12H3,(H,93,119)(H,94,116)(H,95,117)(H,96,118)(H,97,120)(H,99,123)(H,100,104)(H,101,105)(H,102,106). The second kappa shape index (κ2) is 64.7. The molecule has 0 bridgehead atoms. The molecule has 0 radical (unpaired) electrons. The molecule has 47 heteroatoms. The number of ether oxygens (including phenoxy) is 16. The number of benzene rings is 1. The Bertz CT molecular complexity index is 4190. The lowest BCUT2D eigenvalue weighted by molar-refractivity contribution is -0.277. The van der Waals surface area contributed by atoms with Crippen LogP contribution in [0.2, 0.25) is 0 Å². The lowest BCUT2D eigenvalue weighted by atomic mass is 9.96. The van der Waals surface area contributed by atoms with Gasteiger partial charge in [-0.3, -0.25) is 101 Å². The molecular formula is C92H141N11O36. The fraction of sp³-hybridized carbons (Fsp3) is 0.717. The van der Waals surface area contributed by atoms with Crippen molar-refractivity contribution >= 4 is 119 Å². The first kappa shape index (κ1) is 118. The van der Waals surface area contributed by atoms with Crippen LogP contribution in [-0.4, -0.2) is 326 Å². The molecule has 9 amide bonds. The molecular weight excluding hydrogens is 1840 g/mol. The van der Waals surface area contributed by atoms with Crippen LogP contribution in [0.5, 0.6) is 0 Å². The summed E-state index contributed by atoms with van der Waals surface area (Å²) in [6.07, 6.45) is -9.44. The summed E-state index contributed by atoms with van der Waals surface area (Å²) in [4.78, 5) is 256. The summed E-state index contributed by atoms with van der Waals surface area (Å²) in [5.41, 5.74) is 0.806. The number of amides is 9. The van der Waals surface area contributed by atoms with Crippen molar-refractivity contribution in [2.45, 2.75) is 335 Å². The quantitative estimate of drug-likeness (QED) is 0.0237. The van der Waals surface area contributed by atoms with Crippen LogP contribution < -0.4 is 53.2 Å². The zero-order valence-electron chi connectivity index (χ0n) is 81.4. The Labute approximate surface area is 807 Å². The van der Waals surface area contributed by atoms with Crippen LogP contribution in [0.25, 0.3) is 0 Å². The Hall–Kier alpha value is -11.5. The predicted octanol–water partition coefficient (Wildman–Crippen LogP) is 0.217. The van der Waals surface area contributed by atoms with Crippen molar-refractivity contribution in [3.05, 3.63) is 35.9 Å². The summed E-state index contributed by atoms with van der Waals surface area (Å²) >= 11 is 0. The molecule has 47 nitrogen and oxygen atoms in total. The second-order valence-corrected chi connectivity index (χ2v) is 33.8. The molecule has 1 aromatic carbocycles. The maximum atomic E-state index is 14.8. The van der Waals surface area contributed by atoms with E-state index in [1.165, 1.54) is 25.7 Å². The normalized spacial score (nSPS) is 22.5. The van der Waals surface area contributed by atoms with Crippen LogP contribution in [0.1, 0.15) is 223 Å². The van der Waals surface area contributed by atoms with Gasteiger partial charge in [-0.1, -0.05) is 49.6 Å². The van der Waals surface area contributed by atoms with Crippen molar-refractivity contribution in [1.29, 1.82) is 0 Å². The van der Waals surface area contributed by atoms with Gasteiger partial charge in [0.2, 0.25) is 53.2 Å². The highest BCUT2D eigenvalue weighted by Crippen LogP contribution is 2.33. The van der Waals surface area contributed by atoms with Crippen molar-refractivity contribution in [3.63, 3.8) is 0 Å². The molecule has 3 saturated heterocycles. The van der Waals surface area contributed by atoms with Gasteiger partial charge in [0.25, 0.3) is 0 Å². The third-order valence-corrected chi connectivity index (χ3v) is 21.7. The van der Waals surface area contributed by atoms with E-state index in [0.717, 1.165) is 67.9 Å². The molecule has 3 heterocycles. The third-order valence-electron chi connectivity index (χ3n) is 21.7. The molecule has 780 valence electrons. The maximum absolute atomic E-state index is 14.8. The summed E-state index contributed by atoms with van der Waals surface area (Å²) in [6.45, 7) is 13.1. The molecule has 1 saturated carbocycles. The van der Waals surface area contributed by atoms with E-state index in [1.807, 2.05) is 30.3 Å². The number of ketones is 1. The number of nitrogens with zero attached hydrogens (tertiary/aromatic N) is 1. The minimum absolute atomic E-state index is 0.000136. The number of carbonyl (C=O) groups is 20. The number of hydrogen-bond acceptors (Lipinski definition) is 38. The number of rotatable bonds is 65. The smallest absolute Gasteiger partial charge is 0.306 e. The lowest BCUT2D eigenvalue weighted by Gasteiger charge is -2.44. The first-order chi connectivity index (χ1) is 66.2. The zero-order chi connectivity index (χ0) is 102. The van der Waals surface area contributed by atoms with Crippen LogP contribution in [0.3, 0.4) is 0 Å². The molecule has 4 fully saturated rings. The van der Waals surface area contributed by atoms with E-state index in [1.54, 1.807) is 0 Å². The second-order valence-electron chi connectivity index (χ2n) is 33.8. The Kier molecular flexibility index (Phi) is 54.9. The Morgan fingerprint density at radius 2 is 0.669 bits per heavy atom. The molecule has 1 aromatic rings. The molecule has 0 spiro atoms. The number of esters is 10. The fourth-order valence-corrected chi connectivity index (χ4v) is 15.5. The molecule has 18 unspecified atom stereocenters. The van der Waals surface area contributed by atoms with Gasteiger partial charge in [-0.25, -0.2) is 0 Å². The summed E-state index contributed by atoms with van der Waals surface area (Å²) in [5, 5.41) is 28.3. The van der Waals surface area contributed by atoms with Crippen LogP contribution in [0.4, 0.5) is 0 Å². The van der Waals surface area contributed by atoms with E-state index in [4.69, 9.17) is 75.8 Å². The van der Waals surface area contributed by atoms with Gasteiger partial charge >= 0.3 is 59.7 Å². The average Bonchev–Trinajstić information content (AvgIpc) is 1.61. The Balaban J connectivity index is 1.23. The Morgan fingerprint density at radius 1 is 0.338 bits per heavy atom. The zero-order valence-corrected chi connectivity index (χ0v) is 81.4. The SMILES string of the molecule is CC(=O)NC1C(OCCCCCC(=O)NCCCNC(=O)CN(C(CCCCNC(=O)CCCC(=O)OCc2ccccc2)C(=O)NCCCNC(=O)CCCCCOC2OC(COC(C)=O)C(OC(C)=O)C(OC(C)=O)C2NC(C)=O)C2C(=O)C2NCCCNC(=O)CCCCCOC2OC(COC(C)=O)C(OC(C)=O)C(OC(C)=O)C2NC(C)=O)OC(COC(C)=O)C(OC(C)=O)C1OC(C)=O. The third kappa shape index (κ3) is 47.3. The van der Waals surface area contributed by atoms with Crippen LogP contribution in [0.15, 0.2) is 30.3 Å². The molecule has 139 heavy (non-hydrogen) atoms. The predicted molar refractivity (Wildman–Crippen MR) is 482 cm³/mol. The van der Waals surface area contributed by atoms with Gasteiger partial charge in [0, 0.05) is 174 Å². The Morgan fingerprint density at radius 3 is 1.02 bits per heavy atom. The number of unbranched alkanes of at least 4 members (excludes halogenated alkanes) is 7. The molecule has 5 rings (SSSR count). The minimum atomic E-state index is -1.32. The fourth-order valence-electron chi connectivity index (χ4n) is 15.5. The molecule has 10 N–H and O–H groups in total. The van der Waals surface area contributed by atoms with E-state index in [9.17, 15) is 95.9 Å². The summed E-state index contributed by atoms with van der Waals surface area (Å²) in [7, 11) is 0. The van der Waals surface area contributed by atoms with Gasteiger partial charge < -0.3 is 129 Å². The largest absolute Gasteiger partial charge is 0.463 e. The topological polar surface area (TPSA) is 613 Å². The van der Waals surface area contributed by atoms with E-state index in [2.05, 4.69) is 53.2 Å². The molecule has 1 aliphatic carbocycles. The minimum Gasteiger partial charge on any atom is -0.463 e. The maximum Gasteiger partial charge on any atom is 0.306 e. The van der Waals surface area contributed by atoms with Gasteiger partial charge in [-0.15, -0.1) is 0 Å². The number of nitrogens with one attached hydrogen (secondary N) is 10. The highest BCUT2D eigenvalue weighted by atomic mass is 16.7. The van der Waals surface area contributed by atoms with Gasteiger partial charge in [-0.2, -0.15) is 0 Å². The van der Waals surface area contributed by atoms with Gasteiger partial charge in [0.05, 0.1) is 24.7 Å². The van der Waals surface area contributed by atoms with Crippen molar-refractivity contribution in [2.75, 3.05) is 92.0 Å². The van der Waals surface area contributed by atoms with E-state index in [0.29, 0.717) is 70.6 Å². The van der Waals surface area contributed by atoms with E-state index in [-0.39, 0.29) is 166 Å². The van der Waals surface area contributed by atoms with Gasteiger partial charge in [0.15, 0.2) is 61.3 Å². The summed E-state index contributed by atoms with van der Waals surface area (Å²) < 4.78 is 90.1. The highest BCUT2D eigenvalue weighted by molar-refractivity contribution is 6.08. The van der Waals surface area contributed by atoms with Gasteiger partial charge in [-0.05, 0) is 95.6 Å². The monoisotopic (exact) mass is 1980 g/mol. The molecule has 4 aliphatic rings. The average molecular weight is 1980 g/mol. The molecule has 18 atom stereocenters. The first-order valence-corrected chi connectivity index (χ1v) is 47.1. The van der Waals surface area contributed by atoms with Crippen molar-refractivity contribution in [3.8, 4) is 0 Å². The number of hydrogen-bond donors (Lipinski definition) is 10.